The third-order valence-electron chi connectivity index (χ3n) is 6.97. The maximum absolute atomic E-state index is 13.0. The van der Waals surface area contributed by atoms with Crippen molar-refractivity contribution in [2.75, 3.05) is 7.11 Å². The first kappa shape index (κ1) is 27.7. The smallest absolute Gasteiger partial charge is 0.313 e. The topological polar surface area (TPSA) is 87.0 Å². The molecule has 0 saturated carbocycles. The van der Waals surface area contributed by atoms with Crippen molar-refractivity contribution in [1.82, 2.24) is 0 Å². The Bertz CT molecular complexity index is 948. The van der Waals surface area contributed by atoms with Gasteiger partial charge in [-0.15, -0.1) is 0 Å². The van der Waals surface area contributed by atoms with E-state index in [0.29, 0.717) is 29.9 Å². The molecule has 0 amide bonds. The first-order valence-corrected chi connectivity index (χ1v) is 12.2. The largest absolute Gasteiger partial charge is 0.508 e. The van der Waals surface area contributed by atoms with Gasteiger partial charge in [0.25, 0.3) is 0 Å². The summed E-state index contributed by atoms with van der Waals surface area (Å²) < 4.78 is 5.12. The first-order chi connectivity index (χ1) is 15.9. The molecule has 0 radical (unpaired) electrons. The van der Waals surface area contributed by atoms with Crippen LogP contribution in [0.4, 0.5) is 0 Å². The fourth-order valence-corrected chi connectivity index (χ4v) is 4.72. The van der Waals surface area contributed by atoms with Crippen LogP contribution in [0.25, 0.3) is 0 Å². The van der Waals surface area contributed by atoms with Gasteiger partial charge in [-0.3, -0.25) is 4.79 Å². The van der Waals surface area contributed by atoms with Crippen LogP contribution < -0.4 is 0 Å². The van der Waals surface area contributed by atoms with E-state index in [1.54, 1.807) is 13.0 Å². The molecule has 0 bridgehead atoms. The lowest BCUT2D eigenvalue weighted by Crippen LogP contribution is -2.43. The van der Waals surface area contributed by atoms with Crippen molar-refractivity contribution in [1.29, 1.82) is 0 Å². The van der Waals surface area contributed by atoms with Crippen molar-refractivity contribution >= 4 is 5.97 Å². The number of allylic oxidation sites excluding steroid dienone is 5. The number of benzene rings is 1. The molecule has 3 N–H and O–H groups in total. The summed E-state index contributed by atoms with van der Waals surface area (Å²) in [5.41, 5.74) is 2.04. The second kappa shape index (κ2) is 11.7. The Hall–Kier alpha value is -2.53. The molecular formula is C29H42O5. The highest BCUT2D eigenvalue weighted by atomic mass is 16.5. The summed E-state index contributed by atoms with van der Waals surface area (Å²) >= 11 is 0. The molecule has 0 saturated heterocycles. The maximum Gasteiger partial charge on any atom is 0.313 e. The fraction of sp³-hybridized carbons (Fsp3) is 0.552. The molecule has 0 unspecified atom stereocenters. The van der Waals surface area contributed by atoms with Crippen molar-refractivity contribution in [2.24, 2.45) is 17.8 Å². The van der Waals surface area contributed by atoms with Crippen molar-refractivity contribution in [3.8, 4) is 11.5 Å². The molecule has 0 spiro atoms. The minimum absolute atomic E-state index is 0.0290. The van der Waals surface area contributed by atoms with Crippen molar-refractivity contribution in [2.45, 2.75) is 78.7 Å². The number of aromatic hydroxyl groups is 2. The van der Waals surface area contributed by atoms with Gasteiger partial charge in [-0.2, -0.15) is 0 Å². The summed E-state index contributed by atoms with van der Waals surface area (Å²) in [7, 11) is 1.31. The highest BCUT2D eigenvalue weighted by molar-refractivity contribution is 5.80. The molecule has 0 heterocycles. The summed E-state index contributed by atoms with van der Waals surface area (Å²) in [6, 6.07) is 2.95. The van der Waals surface area contributed by atoms with E-state index < -0.39 is 23.4 Å². The lowest BCUT2D eigenvalue weighted by Gasteiger charge is -2.41. The monoisotopic (exact) mass is 470 g/mol. The molecule has 5 heteroatoms. The molecule has 1 aromatic carbocycles. The average Bonchev–Trinajstić information content (AvgIpc) is 2.75. The molecule has 1 aliphatic rings. The van der Waals surface area contributed by atoms with Crippen LogP contribution in [-0.2, 0) is 16.0 Å². The van der Waals surface area contributed by atoms with Gasteiger partial charge < -0.3 is 20.1 Å². The van der Waals surface area contributed by atoms with E-state index in [9.17, 15) is 20.1 Å². The van der Waals surface area contributed by atoms with E-state index in [4.69, 9.17) is 4.74 Å². The molecule has 0 aliphatic heterocycles. The highest BCUT2D eigenvalue weighted by Gasteiger charge is 2.45. The van der Waals surface area contributed by atoms with Gasteiger partial charge in [0.2, 0.25) is 0 Å². The van der Waals surface area contributed by atoms with E-state index in [1.165, 1.54) is 30.4 Å². The molecule has 0 aromatic heterocycles. The van der Waals surface area contributed by atoms with Crippen LogP contribution in [0, 0.1) is 17.8 Å². The molecule has 34 heavy (non-hydrogen) atoms. The molecule has 1 aromatic rings. The standard InChI is InChI=1S/C29H42O5/c1-18(2)9-8-10-20(5)11-12-22-15-23(30)17-24(27(22)31)26(28(32)34-7)25-16-21(19(3)4)13-14-29(25,6)33/h9,11,13-15,17,19,21,25-26,30-31,33H,8,10,12,16H2,1-7H3/t21-,25-,26-,29-/m0/s1. The molecule has 188 valence electrons. The summed E-state index contributed by atoms with van der Waals surface area (Å²) in [6.45, 7) is 12.1. The second-order valence-corrected chi connectivity index (χ2v) is 10.5. The minimum Gasteiger partial charge on any atom is -0.508 e. The number of hydrogen-bond acceptors (Lipinski definition) is 5. The lowest BCUT2D eigenvalue weighted by molar-refractivity contribution is -0.147. The number of hydrogen-bond donors (Lipinski definition) is 3. The Kier molecular flexibility index (Phi) is 9.57. The maximum atomic E-state index is 13.0. The van der Waals surface area contributed by atoms with Gasteiger partial charge in [0.1, 0.15) is 11.5 Å². The van der Waals surface area contributed by atoms with Crippen LogP contribution in [0.2, 0.25) is 0 Å². The number of phenolic OH excluding ortho intramolecular Hbond substituents is 2. The Labute approximate surface area is 204 Å². The summed E-state index contributed by atoms with van der Waals surface area (Å²) in [5.74, 6) is -1.52. The zero-order valence-corrected chi connectivity index (χ0v) is 21.8. The molecule has 0 fully saturated rings. The van der Waals surface area contributed by atoms with Gasteiger partial charge >= 0.3 is 5.97 Å². The second-order valence-electron chi connectivity index (χ2n) is 10.5. The lowest BCUT2D eigenvalue weighted by atomic mass is 9.66. The predicted octanol–water partition coefficient (Wildman–Crippen LogP) is 6.19. The molecular weight excluding hydrogens is 428 g/mol. The van der Waals surface area contributed by atoms with E-state index in [1.807, 2.05) is 12.2 Å². The Morgan fingerprint density at radius 3 is 2.47 bits per heavy atom. The quantitative estimate of drug-likeness (QED) is 0.228. The van der Waals surface area contributed by atoms with Gasteiger partial charge in [0.15, 0.2) is 0 Å². The van der Waals surface area contributed by atoms with Crippen LogP contribution in [0.5, 0.6) is 11.5 Å². The normalized spacial score (nSPS) is 23.6. The average molecular weight is 471 g/mol. The van der Waals surface area contributed by atoms with Crippen molar-refractivity contribution < 1.29 is 24.9 Å². The SMILES string of the molecule is COC(=O)[C@@H](c1cc(O)cc(CC=C(C)CCC=C(C)C)c1O)[C@@H]1C[C@@H](C(C)C)C=C[C@]1(C)O. The van der Waals surface area contributed by atoms with Crippen LogP contribution >= 0.6 is 0 Å². The number of esters is 1. The van der Waals surface area contributed by atoms with Crippen LogP contribution in [-0.4, -0.2) is 34.0 Å². The Morgan fingerprint density at radius 2 is 1.88 bits per heavy atom. The summed E-state index contributed by atoms with van der Waals surface area (Å²) in [6.07, 6.45) is 10.8. The molecule has 1 aliphatic carbocycles. The molecule has 5 nitrogen and oxygen atoms in total. The van der Waals surface area contributed by atoms with Gasteiger partial charge in [-0.1, -0.05) is 49.3 Å². The van der Waals surface area contributed by atoms with Gasteiger partial charge in [-0.05, 0) is 77.3 Å². The predicted molar refractivity (Wildman–Crippen MR) is 137 cm³/mol. The van der Waals surface area contributed by atoms with E-state index in [0.717, 1.165) is 12.8 Å². The first-order valence-electron chi connectivity index (χ1n) is 12.2. The number of ether oxygens (including phenoxy) is 1. The Balaban J connectivity index is 2.45. The number of carbonyl (C=O) groups is 1. The summed E-state index contributed by atoms with van der Waals surface area (Å²) in [4.78, 5) is 13.0. The molecule has 4 atom stereocenters. The number of aliphatic hydroxyl groups is 1. The number of phenols is 2. The minimum atomic E-state index is -1.26. The molecule has 2 rings (SSSR count). The number of methoxy groups -OCH3 is 1. The van der Waals surface area contributed by atoms with Crippen LogP contribution in [0.15, 0.2) is 47.6 Å². The van der Waals surface area contributed by atoms with Crippen LogP contribution in [0.1, 0.15) is 77.8 Å². The third-order valence-corrected chi connectivity index (χ3v) is 6.97. The fourth-order valence-electron chi connectivity index (χ4n) is 4.72. The number of carbonyl (C=O) groups excluding carboxylic acids is 1. The number of rotatable bonds is 9. The van der Waals surface area contributed by atoms with E-state index in [-0.39, 0.29) is 17.4 Å². The van der Waals surface area contributed by atoms with E-state index >= 15 is 0 Å². The van der Waals surface area contributed by atoms with Crippen molar-refractivity contribution in [3.05, 3.63) is 58.7 Å². The van der Waals surface area contributed by atoms with Gasteiger partial charge in [0, 0.05) is 17.0 Å². The Morgan fingerprint density at radius 1 is 1.21 bits per heavy atom. The van der Waals surface area contributed by atoms with E-state index in [2.05, 4.69) is 40.7 Å². The van der Waals surface area contributed by atoms with Gasteiger partial charge in [0.05, 0.1) is 18.6 Å². The highest BCUT2D eigenvalue weighted by Crippen LogP contribution is 2.47. The zero-order valence-electron chi connectivity index (χ0n) is 21.8. The van der Waals surface area contributed by atoms with Crippen molar-refractivity contribution in [3.63, 3.8) is 0 Å². The zero-order chi connectivity index (χ0) is 25.6. The summed E-state index contributed by atoms with van der Waals surface area (Å²) in [5, 5.41) is 32.9. The third kappa shape index (κ3) is 6.99. The van der Waals surface area contributed by atoms with Gasteiger partial charge in [-0.25, -0.2) is 0 Å². The van der Waals surface area contributed by atoms with Crippen LogP contribution in [0.3, 0.4) is 0 Å².